The van der Waals surface area contributed by atoms with Gasteiger partial charge in [-0.1, -0.05) is 0 Å². The molecule has 5 nitrogen and oxygen atoms in total. The minimum Gasteiger partial charge on any atom is -0.357 e. The molecule has 1 aromatic heterocycles. The summed E-state index contributed by atoms with van der Waals surface area (Å²) in [5.41, 5.74) is 1.14. The molecule has 0 saturated heterocycles. The van der Waals surface area contributed by atoms with Gasteiger partial charge in [-0.15, -0.1) is 10.2 Å². The van der Waals surface area contributed by atoms with Crippen molar-refractivity contribution in [3.63, 3.8) is 0 Å². The zero-order valence-electron chi connectivity index (χ0n) is 13.7. The summed E-state index contributed by atoms with van der Waals surface area (Å²) in [7, 11) is 0. The zero-order chi connectivity index (χ0) is 17.0. The molecule has 0 aliphatic carbocycles. The van der Waals surface area contributed by atoms with Gasteiger partial charge < -0.3 is 10.6 Å². The molecule has 0 spiro atoms. The first kappa shape index (κ1) is 16.9. The van der Waals surface area contributed by atoms with Gasteiger partial charge in [0, 0.05) is 11.1 Å². The molecule has 2 rings (SSSR count). The van der Waals surface area contributed by atoms with Gasteiger partial charge >= 0.3 is 0 Å². The van der Waals surface area contributed by atoms with Gasteiger partial charge in [0.25, 0.3) is 0 Å². The summed E-state index contributed by atoms with van der Waals surface area (Å²) >= 11 is 0. The first-order valence-corrected chi connectivity index (χ1v) is 7.43. The fourth-order valence-corrected chi connectivity index (χ4v) is 1.95. The third-order valence-corrected chi connectivity index (χ3v) is 3.06. The van der Waals surface area contributed by atoms with Crippen LogP contribution in [0.1, 0.15) is 27.7 Å². The number of nitrogens with zero attached hydrogens (tertiary/aromatic N) is 2. The molecule has 0 bridgehead atoms. The van der Waals surface area contributed by atoms with Crippen molar-refractivity contribution in [3.8, 4) is 11.3 Å². The summed E-state index contributed by atoms with van der Waals surface area (Å²) in [5, 5.41) is 14.1. The number of rotatable bonds is 4. The molecule has 0 radical (unpaired) electrons. The van der Waals surface area contributed by atoms with Crippen LogP contribution >= 0.6 is 0 Å². The van der Waals surface area contributed by atoms with Crippen molar-refractivity contribution >= 4 is 11.7 Å². The molecule has 0 saturated carbocycles. The Morgan fingerprint density at radius 3 is 2.26 bits per heavy atom. The van der Waals surface area contributed by atoms with Crippen LogP contribution in [0.4, 0.5) is 10.2 Å². The largest absolute Gasteiger partial charge is 0.357 e. The number of hydrogen-bond acceptors (Lipinski definition) is 4. The SMILES string of the molecule is CC(Nc1ccc(-c2ccc(F)cc2)nn1)C(=O)NC(C)(C)C. The van der Waals surface area contributed by atoms with E-state index in [1.807, 2.05) is 20.8 Å². The maximum Gasteiger partial charge on any atom is 0.242 e. The maximum absolute atomic E-state index is 12.9. The second kappa shape index (κ2) is 6.73. The molecular weight excluding hydrogens is 295 g/mol. The topological polar surface area (TPSA) is 66.9 Å². The number of aromatic nitrogens is 2. The lowest BCUT2D eigenvalue weighted by molar-refractivity contribution is -0.122. The number of amides is 1. The Kier molecular flexibility index (Phi) is 4.93. The number of anilines is 1. The van der Waals surface area contributed by atoms with E-state index in [2.05, 4.69) is 20.8 Å². The van der Waals surface area contributed by atoms with Gasteiger partial charge in [-0.2, -0.15) is 0 Å². The molecule has 0 fully saturated rings. The molecule has 1 atom stereocenters. The normalized spacial score (nSPS) is 12.6. The minimum atomic E-state index is -0.430. The van der Waals surface area contributed by atoms with Crippen molar-refractivity contribution in [2.45, 2.75) is 39.3 Å². The van der Waals surface area contributed by atoms with Gasteiger partial charge in [0.1, 0.15) is 17.7 Å². The molecule has 1 aromatic carbocycles. The van der Waals surface area contributed by atoms with Gasteiger partial charge in [-0.25, -0.2) is 4.39 Å². The van der Waals surface area contributed by atoms with Crippen molar-refractivity contribution in [2.24, 2.45) is 0 Å². The number of carbonyl (C=O) groups excluding carboxylic acids is 1. The molecular formula is C17H21FN4O. The van der Waals surface area contributed by atoms with Crippen LogP contribution in [0, 0.1) is 5.82 Å². The standard InChI is InChI=1S/C17H21FN4O/c1-11(16(23)20-17(2,3)4)19-15-10-9-14(21-22-15)12-5-7-13(18)8-6-12/h5-11H,1-4H3,(H,19,22)(H,20,23). The molecule has 6 heteroatoms. The second-order valence-electron chi connectivity index (χ2n) is 6.42. The van der Waals surface area contributed by atoms with Gasteiger partial charge in [0.05, 0.1) is 5.69 Å². The van der Waals surface area contributed by atoms with Crippen LogP contribution in [0.2, 0.25) is 0 Å². The number of nitrogens with one attached hydrogen (secondary N) is 2. The lowest BCUT2D eigenvalue weighted by Crippen LogP contribution is -2.47. The predicted molar refractivity (Wildman–Crippen MR) is 88.4 cm³/mol. The molecule has 0 aliphatic rings. The third kappa shape index (κ3) is 5.02. The highest BCUT2D eigenvalue weighted by atomic mass is 19.1. The highest BCUT2D eigenvalue weighted by molar-refractivity contribution is 5.84. The summed E-state index contributed by atoms with van der Waals surface area (Å²) < 4.78 is 12.9. The number of carbonyl (C=O) groups is 1. The average Bonchev–Trinajstić information content (AvgIpc) is 2.47. The fourth-order valence-electron chi connectivity index (χ4n) is 1.95. The first-order chi connectivity index (χ1) is 10.7. The van der Waals surface area contributed by atoms with E-state index in [1.165, 1.54) is 12.1 Å². The monoisotopic (exact) mass is 316 g/mol. The average molecular weight is 316 g/mol. The highest BCUT2D eigenvalue weighted by Gasteiger charge is 2.19. The van der Waals surface area contributed by atoms with Crippen LogP contribution in [0.15, 0.2) is 36.4 Å². The Hall–Kier alpha value is -2.50. The Balaban J connectivity index is 2.02. The van der Waals surface area contributed by atoms with Crippen LogP contribution in [0.25, 0.3) is 11.3 Å². The van der Waals surface area contributed by atoms with Crippen LogP contribution < -0.4 is 10.6 Å². The Labute approximate surface area is 135 Å². The van der Waals surface area contributed by atoms with Gasteiger partial charge in [-0.05, 0) is 64.1 Å². The number of benzene rings is 1. The highest BCUT2D eigenvalue weighted by Crippen LogP contribution is 2.17. The van der Waals surface area contributed by atoms with Crippen LogP contribution in [0.3, 0.4) is 0 Å². The van der Waals surface area contributed by atoms with Crippen molar-refractivity contribution in [2.75, 3.05) is 5.32 Å². The Morgan fingerprint density at radius 1 is 1.09 bits per heavy atom. The van der Waals surface area contributed by atoms with Crippen molar-refractivity contribution in [3.05, 3.63) is 42.2 Å². The number of halogens is 1. The van der Waals surface area contributed by atoms with Crippen molar-refractivity contribution in [1.82, 2.24) is 15.5 Å². The van der Waals surface area contributed by atoms with E-state index in [9.17, 15) is 9.18 Å². The van der Waals surface area contributed by atoms with Crippen molar-refractivity contribution < 1.29 is 9.18 Å². The third-order valence-electron chi connectivity index (χ3n) is 3.06. The Bertz CT molecular complexity index is 662. The smallest absolute Gasteiger partial charge is 0.242 e. The summed E-state index contributed by atoms with van der Waals surface area (Å²) in [4.78, 5) is 12.0. The van der Waals surface area contributed by atoms with E-state index in [4.69, 9.17) is 0 Å². The summed E-state index contributed by atoms with van der Waals surface area (Å²) in [6.07, 6.45) is 0. The second-order valence-corrected chi connectivity index (χ2v) is 6.42. The summed E-state index contributed by atoms with van der Waals surface area (Å²) in [6, 6.07) is 9.13. The zero-order valence-corrected chi connectivity index (χ0v) is 13.7. The Morgan fingerprint density at radius 2 is 1.74 bits per heavy atom. The van der Waals surface area contributed by atoms with E-state index in [-0.39, 0.29) is 17.3 Å². The molecule has 23 heavy (non-hydrogen) atoms. The fraction of sp³-hybridized carbons (Fsp3) is 0.353. The first-order valence-electron chi connectivity index (χ1n) is 7.43. The van der Waals surface area contributed by atoms with Crippen LogP contribution in [0.5, 0.6) is 0 Å². The summed E-state index contributed by atoms with van der Waals surface area (Å²) in [5.74, 6) is 0.105. The van der Waals surface area contributed by atoms with Gasteiger partial charge in [0.15, 0.2) is 0 Å². The van der Waals surface area contributed by atoms with E-state index >= 15 is 0 Å². The lowest BCUT2D eigenvalue weighted by atomic mass is 10.1. The molecule has 1 amide bonds. The van der Waals surface area contributed by atoms with E-state index in [0.717, 1.165) is 5.56 Å². The molecule has 2 N–H and O–H groups in total. The van der Waals surface area contributed by atoms with E-state index in [1.54, 1.807) is 31.2 Å². The number of hydrogen-bond donors (Lipinski definition) is 2. The van der Waals surface area contributed by atoms with Crippen LogP contribution in [-0.2, 0) is 4.79 Å². The quantitative estimate of drug-likeness (QED) is 0.910. The van der Waals surface area contributed by atoms with Crippen molar-refractivity contribution in [1.29, 1.82) is 0 Å². The van der Waals surface area contributed by atoms with E-state index in [0.29, 0.717) is 11.5 Å². The van der Waals surface area contributed by atoms with E-state index < -0.39 is 6.04 Å². The van der Waals surface area contributed by atoms with Gasteiger partial charge in [-0.3, -0.25) is 4.79 Å². The molecule has 1 unspecified atom stereocenters. The maximum atomic E-state index is 12.9. The molecule has 2 aromatic rings. The summed E-state index contributed by atoms with van der Waals surface area (Å²) in [6.45, 7) is 7.54. The van der Waals surface area contributed by atoms with Crippen LogP contribution in [-0.4, -0.2) is 27.7 Å². The molecule has 0 aliphatic heterocycles. The van der Waals surface area contributed by atoms with Gasteiger partial charge in [0.2, 0.25) is 5.91 Å². The molecule has 122 valence electrons. The lowest BCUT2D eigenvalue weighted by Gasteiger charge is -2.23. The predicted octanol–water partition coefficient (Wildman–Crippen LogP) is 3.00. The minimum absolute atomic E-state index is 0.109. The molecule has 1 heterocycles.